The minimum Gasteiger partial charge on any atom is -0.465 e. The number of nitrogens with zero attached hydrogens (tertiary/aromatic N) is 1. The van der Waals surface area contributed by atoms with Gasteiger partial charge in [-0.15, -0.1) is 0 Å². The van der Waals surface area contributed by atoms with Crippen molar-refractivity contribution < 1.29 is 26.0 Å². The summed E-state index contributed by atoms with van der Waals surface area (Å²) in [4.78, 5) is 13.8. The molecule has 1 aliphatic rings. The summed E-state index contributed by atoms with van der Waals surface area (Å²) in [6, 6.07) is 6.77. The Hall–Kier alpha value is -1.35. The molecular weight excluding hydrogens is 226 g/mol. The summed E-state index contributed by atoms with van der Waals surface area (Å²) >= 11 is 0. The predicted molar refractivity (Wildman–Crippen MR) is 71.5 cm³/mol. The number of hydrogen-bond acceptors (Lipinski definition) is 3. The molecule has 0 bridgehead atoms. The number of benzene rings is 1. The first kappa shape index (κ1) is 4.64. The smallest absolute Gasteiger partial charge is 0.316 e. The third kappa shape index (κ3) is 2.41. The van der Waals surface area contributed by atoms with Crippen molar-refractivity contribution in [2.24, 2.45) is 0 Å². The normalized spacial score (nSPS) is 37.1. The molecule has 1 aliphatic heterocycles. The van der Waals surface area contributed by atoms with Gasteiger partial charge in [0.05, 0.1) is 14.7 Å². The Labute approximate surface area is 126 Å². The molecule has 3 heteroatoms. The number of piperidine rings is 1. The van der Waals surface area contributed by atoms with Crippen molar-refractivity contribution in [2.45, 2.75) is 25.0 Å². The number of carbonyl (C=O) groups excluding carboxylic acids is 1. The van der Waals surface area contributed by atoms with Crippen LogP contribution in [0.25, 0.3) is 0 Å². The summed E-state index contributed by atoms with van der Waals surface area (Å²) in [6.45, 7) is -11.6. The lowest BCUT2D eigenvalue weighted by molar-refractivity contribution is -0.152. The third-order valence-electron chi connectivity index (χ3n) is 2.73. The van der Waals surface area contributed by atoms with Crippen LogP contribution in [0.5, 0.6) is 0 Å². The highest BCUT2D eigenvalue weighted by atomic mass is 16.5. The minimum absolute atomic E-state index is 0.225. The summed E-state index contributed by atoms with van der Waals surface area (Å²) in [5.41, 5.74) is -3.06. The first-order valence-electron chi connectivity index (χ1n) is 11.3. The highest BCUT2D eigenvalue weighted by Crippen LogP contribution is 2.36. The van der Waals surface area contributed by atoms with Crippen LogP contribution in [0.3, 0.4) is 0 Å². The van der Waals surface area contributed by atoms with E-state index in [0.29, 0.717) is 4.90 Å². The van der Waals surface area contributed by atoms with Crippen molar-refractivity contribution in [3.63, 3.8) is 0 Å². The topological polar surface area (TPSA) is 29.5 Å². The van der Waals surface area contributed by atoms with E-state index in [-0.39, 0.29) is 5.56 Å². The zero-order valence-electron chi connectivity index (χ0n) is 21.6. The van der Waals surface area contributed by atoms with Crippen LogP contribution in [0, 0.1) is 0 Å². The molecule has 1 heterocycles. The molecule has 3 nitrogen and oxygen atoms in total. The monoisotopic (exact) mass is 259 g/mol. The van der Waals surface area contributed by atoms with E-state index >= 15 is 0 Å². The van der Waals surface area contributed by atoms with Crippen molar-refractivity contribution in [3.8, 4) is 0 Å². The predicted octanol–water partition coefficient (Wildman–Crippen LogP) is 2.21. The van der Waals surface area contributed by atoms with Crippen molar-refractivity contribution >= 4 is 5.97 Å². The number of ether oxygens (including phenoxy) is 1. The zero-order valence-corrected chi connectivity index (χ0v) is 9.56. The molecule has 1 saturated heterocycles. The fraction of sp³-hybridized carbons (Fsp3) is 0.533. The number of carbonyl (C=O) groups is 1. The lowest BCUT2D eigenvalue weighted by atomic mass is 9.73. The van der Waals surface area contributed by atoms with Gasteiger partial charge in [-0.25, -0.2) is 0 Å². The summed E-state index contributed by atoms with van der Waals surface area (Å²) in [5, 5.41) is 0. The fourth-order valence-corrected chi connectivity index (χ4v) is 1.82. The Morgan fingerprint density at radius 3 is 2.83 bits per heavy atom. The molecule has 0 unspecified atom stereocenters. The molecule has 0 atom stereocenters. The molecule has 0 saturated carbocycles. The maximum Gasteiger partial charge on any atom is 0.316 e. The molecule has 1 aromatic rings. The molecule has 0 amide bonds. The van der Waals surface area contributed by atoms with E-state index in [9.17, 15) is 4.79 Å². The van der Waals surface area contributed by atoms with Crippen LogP contribution in [-0.2, 0) is 14.9 Å². The van der Waals surface area contributed by atoms with Crippen LogP contribution in [0.2, 0.25) is 0 Å². The Morgan fingerprint density at radius 1 is 1.50 bits per heavy atom. The molecule has 0 radical (unpaired) electrons. The molecule has 2 rings (SSSR count). The van der Waals surface area contributed by atoms with Crippen LogP contribution in [0.1, 0.15) is 41.6 Å². The number of esters is 1. The van der Waals surface area contributed by atoms with Gasteiger partial charge in [0.2, 0.25) is 0 Å². The molecular formula is C15H21NO2. The van der Waals surface area contributed by atoms with Gasteiger partial charge in [-0.1, -0.05) is 30.3 Å². The second-order valence-electron chi connectivity index (χ2n) is 3.82. The lowest BCUT2D eigenvalue weighted by Crippen LogP contribution is -2.47. The SMILES string of the molecule is [2H]C([2H])([2H])N1CC([2H])([2H])C(C(=O)OC([2H])([2H])C([2H])([2H])[2H])(c2ccccc2)C([2H])([2H])C1. The van der Waals surface area contributed by atoms with Gasteiger partial charge in [0.15, 0.2) is 0 Å². The summed E-state index contributed by atoms with van der Waals surface area (Å²) < 4.78 is 98.0. The van der Waals surface area contributed by atoms with Crippen molar-refractivity contribution in [3.05, 3.63) is 35.9 Å². The van der Waals surface area contributed by atoms with Crippen molar-refractivity contribution in [1.82, 2.24) is 4.90 Å². The lowest BCUT2D eigenvalue weighted by Gasteiger charge is -2.38. The van der Waals surface area contributed by atoms with Gasteiger partial charge in [-0.2, -0.15) is 0 Å². The standard InChI is InChI=1S/C15H21NO2/c1-3-18-14(17)15(9-11-16(2)12-10-15)13-7-5-4-6-8-13/h4-8H,3,9-12H2,1-2H3/i1D3,2D3,3D2,9D2,10D2. The second-order valence-corrected chi connectivity index (χ2v) is 3.82. The Balaban J connectivity index is 2.73. The summed E-state index contributed by atoms with van der Waals surface area (Å²) in [7, 11) is 0. The van der Waals surface area contributed by atoms with Gasteiger partial charge in [0, 0.05) is 13.7 Å². The van der Waals surface area contributed by atoms with E-state index in [2.05, 4.69) is 4.74 Å². The first-order valence-corrected chi connectivity index (χ1v) is 5.34. The first-order chi connectivity index (χ1) is 13.3. The highest BCUT2D eigenvalue weighted by Gasteiger charge is 2.43. The molecule has 0 N–H and O–H groups in total. The van der Waals surface area contributed by atoms with Crippen molar-refractivity contribution in [1.29, 1.82) is 0 Å². The van der Waals surface area contributed by atoms with E-state index in [1.807, 2.05) is 0 Å². The van der Waals surface area contributed by atoms with Crippen LogP contribution in [0.15, 0.2) is 30.3 Å². The van der Waals surface area contributed by atoms with Gasteiger partial charge in [-0.05, 0) is 45.2 Å². The number of likely N-dealkylation sites (tertiary alicyclic amines) is 1. The maximum atomic E-state index is 13.2. The molecule has 1 fully saturated rings. The van der Waals surface area contributed by atoms with E-state index in [1.165, 1.54) is 30.3 Å². The number of rotatable bonds is 3. The van der Waals surface area contributed by atoms with Crippen molar-refractivity contribution in [2.75, 3.05) is 26.6 Å². The third-order valence-corrected chi connectivity index (χ3v) is 2.73. The molecule has 1 aromatic carbocycles. The van der Waals surface area contributed by atoms with Gasteiger partial charge in [0.25, 0.3) is 0 Å². The molecule has 0 spiro atoms. The van der Waals surface area contributed by atoms with E-state index in [1.54, 1.807) is 0 Å². The maximum absolute atomic E-state index is 13.2. The largest absolute Gasteiger partial charge is 0.465 e. The molecule has 98 valence electrons. The van der Waals surface area contributed by atoms with E-state index in [4.69, 9.17) is 16.4 Å². The summed E-state index contributed by atoms with van der Waals surface area (Å²) in [5.74, 6) is -1.77. The number of hydrogen-bond donors (Lipinski definition) is 0. The Bertz CT molecular complexity index is 769. The molecule has 18 heavy (non-hydrogen) atoms. The van der Waals surface area contributed by atoms with Crippen LogP contribution >= 0.6 is 0 Å². The van der Waals surface area contributed by atoms with E-state index < -0.39 is 57.6 Å². The average molecular weight is 259 g/mol. The fourth-order valence-electron chi connectivity index (χ4n) is 1.82. The Morgan fingerprint density at radius 2 is 2.22 bits per heavy atom. The van der Waals surface area contributed by atoms with Gasteiger partial charge >= 0.3 is 5.97 Å². The summed E-state index contributed by atoms with van der Waals surface area (Å²) in [6.07, 6.45) is -5.82. The van der Waals surface area contributed by atoms with E-state index in [0.717, 1.165) is 0 Å². The molecule has 0 aromatic heterocycles. The average Bonchev–Trinajstić information content (AvgIpc) is 2.51. The highest BCUT2D eigenvalue weighted by molar-refractivity contribution is 5.83. The minimum atomic E-state index is -3.53. The molecule has 0 aliphatic carbocycles. The van der Waals surface area contributed by atoms with Crippen LogP contribution < -0.4 is 0 Å². The zero-order chi connectivity index (χ0) is 23.4. The Kier molecular flexibility index (Phi) is 1.42. The van der Waals surface area contributed by atoms with Gasteiger partial charge in [-0.3, -0.25) is 4.79 Å². The van der Waals surface area contributed by atoms with Crippen LogP contribution in [0.4, 0.5) is 0 Å². The van der Waals surface area contributed by atoms with Crippen LogP contribution in [-0.4, -0.2) is 37.5 Å². The quantitative estimate of drug-likeness (QED) is 0.780. The van der Waals surface area contributed by atoms with Gasteiger partial charge in [0.1, 0.15) is 0 Å². The van der Waals surface area contributed by atoms with Gasteiger partial charge < -0.3 is 9.64 Å². The second kappa shape index (κ2) is 5.53.